The first kappa shape index (κ1) is 19.6. The van der Waals surface area contributed by atoms with Crippen molar-refractivity contribution in [2.24, 2.45) is 0 Å². The topological polar surface area (TPSA) is 78.9 Å². The van der Waals surface area contributed by atoms with Crippen LogP contribution in [0.25, 0.3) is 0 Å². The summed E-state index contributed by atoms with van der Waals surface area (Å²) in [6, 6.07) is -0.459. The van der Waals surface area contributed by atoms with Crippen LogP contribution in [0.3, 0.4) is 0 Å². The Labute approximate surface area is 135 Å². The molecule has 0 radical (unpaired) electrons. The Balaban J connectivity index is 2.72. The number of hydrogen-bond acceptors (Lipinski definition) is 4. The maximum absolute atomic E-state index is 14.3. The summed E-state index contributed by atoms with van der Waals surface area (Å²) in [6.45, 7) is 8.03. The third-order valence-corrected chi connectivity index (χ3v) is 3.53. The minimum Gasteiger partial charge on any atom is -0.444 e. The van der Waals surface area contributed by atoms with E-state index in [1.165, 1.54) is 4.90 Å². The molecule has 1 heterocycles. The van der Waals surface area contributed by atoms with Gasteiger partial charge in [0, 0.05) is 32.0 Å². The highest BCUT2D eigenvalue weighted by Gasteiger charge is 2.59. The summed E-state index contributed by atoms with van der Waals surface area (Å²) in [7, 11) is 0. The van der Waals surface area contributed by atoms with Crippen LogP contribution in [0.4, 0.5) is 13.6 Å². The zero-order chi connectivity index (χ0) is 18.1. The number of halogens is 2. The Morgan fingerprint density at radius 3 is 2.09 bits per heavy atom. The molecular weight excluding hydrogens is 310 g/mol. The molecule has 0 bridgehead atoms. The van der Waals surface area contributed by atoms with Crippen molar-refractivity contribution >= 4 is 12.0 Å². The van der Waals surface area contributed by atoms with Crippen LogP contribution >= 0.6 is 0 Å². The fourth-order valence-corrected chi connectivity index (χ4v) is 2.26. The fourth-order valence-electron chi connectivity index (χ4n) is 2.26. The number of carbonyl (C=O) groups is 2. The van der Waals surface area contributed by atoms with Crippen LogP contribution in [0, 0.1) is 0 Å². The van der Waals surface area contributed by atoms with Gasteiger partial charge in [-0.15, -0.1) is 0 Å². The third-order valence-electron chi connectivity index (χ3n) is 3.53. The molecule has 1 aliphatic heterocycles. The molecule has 0 spiro atoms. The molecule has 1 rings (SSSR count). The van der Waals surface area contributed by atoms with Gasteiger partial charge in [0.1, 0.15) is 11.2 Å². The highest BCUT2D eigenvalue weighted by molar-refractivity contribution is 5.85. The van der Waals surface area contributed by atoms with Gasteiger partial charge < -0.3 is 20.1 Å². The number of aliphatic hydroxyl groups is 1. The Morgan fingerprint density at radius 1 is 1.22 bits per heavy atom. The van der Waals surface area contributed by atoms with Gasteiger partial charge in [-0.1, -0.05) is 0 Å². The lowest BCUT2D eigenvalue weighted by Gasteiger charge is -2.41. The second-order valence-corrected chi connectivity index (χ2v) is 7.20. The van der Waals surface area contributed by atoms with Crippen molar-refractivity contribution < 1.29 is 28.2 Å². The lowest BCUT2D eigenvalue weighted by Crippen LogP contribution is -2.62. The van der Waals surface area contributed by atoms with Crippen molar-refractivity contribution in [2.75, 3.05) is 13.1 Å². The quantitative estimate of drug-likeness (QED) is 0.825. The van der Waals surface area contributed by atoms with Crippen LogP contribution in [0.1, 0.15) is 47.5 Å². The summed E-state index contributed by atoms with van der Waals surface area (Å²) < 4.78 is 33.7. The van der Waals surface area contributed by atoms with Gasteiger partial charge in [-0.25, -0.2) is 4.79 Å². The number of alkyl halides is 2. The molecule has 6 nitrogen and oxygen atoms in total. The first-order chi connectivity index (χ1) is 10.3. The average Bonchev–Trinajstić information content (AvgIpc) is 2.36. The van der Waals surface area contributed by atoms with Gasteiger partial charge in [0.2, 0.25) is 0 Å². The smallest absolute Gasteiger partial charge is 0.410 e. The number of hydrogen-bond donors (Lipinski definition) is 2. The molecule has 1 aliphatic rings. The maximum Gasteiger partial charge on any atom is 0.410 e. The molecule has 2 N–H and O–H groups in total. The summed E-state index contributed by atoms with van der Waals surface area (Å²) in [5.41, 5.74) is -3.16. The predicted octanol–water partition coefficient (Wildman–Crippen LogP) is 1.91. The van der Waals surface area contributed by atoms with E-state index >= 15 is 0 Å². The molecule has 0 unspecified atom stereocenters. The van der Waals surface area contributed by atoms with Gasteiger partial charge in [-0.3, -0.25) is 4.79 Å². The molecule has 23 heavy (non-hydrogen) atoms. The van der Waals surface area contributed by atoms with Crippen LogP contribution in [0.2, 0.25) is 0 Å². The molecule has 2 amide bonds. The minimum atomic E-state index is -3.92. The van der Waals surface area contributed by atoms with Crippen molar-refractivity contribution in [1.29, 1.82) is 0 Å². The number of likely N-dealkylation sites (tertiary alicyclic amines) is 1. The van der Waals surface area contributed by atoms with E-state index in [0.29, 0.717) is 0 Å². The number of ether oxygens (including phenoxy) is 1. The van der Waals surface area contributed by atoms with E-state index < -0.39 is 48.0 Å². The number of rotatable bonds is 3. The molecular formula is C15H26F2N2O4. The van der Waals surface area contributed by atoms with E-state index in [-0.39, 0.29) is 13.1 Å². The van der Waals surface area contributed by atoms with E-state index in [4.69, 9.17) is 4.74 Å². The molecule has 0 aromatic heterocycles. The Hall–Kier alpha value is -1.44. The number of carbonyl (C=O) groups excluding carboxylic acids is 2. The summed E-state index contributed by atoms with van der Waals surface area (Å²) in [6.07, 6.45) is -1.41. The molecule has 1 fully saturated rings. The summed E-state index contributed by atoms with van der Waals surface area (Å²) in [4.78, 5) is 24.8. The number of nitrogens with zero attached hydrogens (tertiary/aromatic N) is 1. The van der Waals surface area contributed by atoms with Crippen molar-refractivity contribution in [3.63, 3.8) is 0 Å². The zero-order valence-electron chi connectivity index (χ0n) is 14.3. The van der Waals surface area contributed by atoms with Crippen LogP contribution in [0.15, 0.2) is 0 Å². The molecule has 0 aromatic carbocycles. The van der Waals surface area contributed by atoms with Crippen molar-refractivity contribution in [1.82, 2.24) is 10.2 Å². The van der Waals surface area contributed by atoms with E-state index in [9.17, 15) is 23.5 Å². The molecule has 0 aliphatic carbocycles. The fraction of sp³-hybridized carbons (Fsp3) is 0.867. The number of amides is 2. The van der Waals surface area contributed by atoms with E-state index in [0.717, 1.165) is 0 Å². The van der Waals surface area contributed by atoms with E-state index in [2.05, 4.69) is 5.32 Å². The first-order valence-corrected chi connectivity index (χ1v) is 7.67. The SMILES string of the molecule is CC(C)NC(=O)C(F)(F)C1(O)CCN(C(=O)OC(C)(C)C)CC1. The molecule has 8 heteroatoms. The molecule has 0 saturated carbocycles. The van der Waals surface area contributed by atoms with E-state index in [1.54, 1.807) is 34.6 Å². The largest absolute Gasteiger partial charge is 0.444 e. The third kappa shape index (κ3) is 4.76. The van der Waals surface area contributed by atoms with Crippen molar-refractivity contribution in [3.05, 3.63) is 0 Å². The Morgan fingerprint density at radius 2 is 1.70 bits per heavy atom. The summed E-state index contributed by atoms with van der Waals surface area (Å²) in [5.74, 6) is -5.42. The van der Waals surface area contributed by atoms with Gasteiger partial charge in [-0.2, -0.15) is 8.78 Å². The predicted molar refractivity (Wildman–Crippen MR) is 80.2 cm³/mol. The standard InChI is InChI=1S/C15H26F2N2O4/c1-10(2)18-11(20)15(16,17)14(22)6-8-19(9-7-14)12(21)23-13(3,4)5/h10,22H,6-9H2,1-5H3,(H,18,20). The van der Waals surface area contributed by atoms with Gasteiger partial charge in [0.25, 0.3) is 5.91 Å². The lowest BCUT2D eigenvalue weighted by atomic mass is 9.84. The minimum absolute atomic E-state index is 0.101. The van der Waals surface area contributed by atoms with Crippen LogP contribution in [-0.2, 0) is 9.53 Å². The monoisotopic (exact) mass is 336 g/mol. The van der Waals surface area contributed by atoms with Gasteiger partial charge in [0.05, 0.1) is 0 Å². The van der Waals surface area contributed by atoms with Crippen molar-refractivity contribution in [2.45, 2.75) is 70.6 Å². The maximum atomic E-state index is 14.3. The second-order valence-electron chi connectivity index (χ2n) is 7.20. The highest BCUT2D eigenvalue weighted by atomic mass is 19.3. The molecule has 0 aromatic rings. The zero-order valence-corrected chi connectivity index (χ0v) is 14.3. The van der Waals surface area contributed by atoms with Gasteiger partial charge in [-0.05, 0) is 34.6 Å². The average molecular weight is 336 g/mol. The number of piperidine rings is 1. The van der Waals surface area contributed by atoms with Crippen LogP contribution < -0.4 is 5.32 Å². The summed E-state index contributed by atoms with van der Waals surface area (Å²) >= 11 is 0. The van der Waals surface area contributed by atoms with Gasteiger partial charge >= 0.3 is 12.0 Å². The first-order valence-electron chi connectivity index (χ1n) is 7.67. The second kappa shape index (κ2) is 6.59. The van der Waals surface area contributed by atoms with Crippen molar-refractivity contribution in [3.8, 4) is 0 Å². The summed E-state index contributed by atoms with van der Waals surface area (Å²) in [5, 5.41) is 12.3. The normalized spacial score (nSPS) is 18.7. The molecule has 1 saturated heterocycles. The highest BCUT2D eigenvalue weighted by Crippen LogP contribution is 2.38. The lowest BCUT2D eigenvalue weighted by molar-refractivity contribution is -0.204. The number of nitrogens with one attached hydrogen (secondary N) is 1. The van der Waals surface area contributed by atoms with Crippen LogP contribution in [-0.4, -0.2) is 58.3 Å². The molecule has 134 valence electrons. The Bertz CT molecular complexity index is 453. The van der Waals surface area contributed by atoms with Gasteiger partial charge in [0.15, 0.2) is 0 Å². The van der Waals surface area contributed by atoms with E-state index in [1.807, 2.05) is 0 Å². The Kier molecular flexibility index (Phi) is 5.61. The van der Waals surface area contributed by atoms with Crippen LogP contribution in [0.5, 0.6) is 0 Å². The molecule has 0 atom stereocenters.